The van der Waals surface area contributed by atoms with Crippen molar-refractivity contribution in [3.05, 3.63) is 27.7 Å². The van der Waals surface area contributed by atoms with Crippen LogP contribution in [-0.2, 0) is 4.74 Å². The summed E-state index contributed by atoms with van der Waals surface area (Å²) in [6, 6.07) is 4.90. The van der Waals surface area contributed by atoms with Gasteiger partial charge < -0.3 is 9.47 Å². The molecule has 0 amide bonds. The summed E-state index contributed by atoms with van der Waals surface area (Å²) in [6.07, 6.45) is 0. The van der Waals surface area contributed by atoms with E-state index < -0.39 is 5.97 Å². The molecule has 78 valence electrons. The van der Waals surface area contributed by atoms with E-state index >= 15 is 0 Å². The van der Waals surface area contributed by atoms with Crippen LogP contribution in [0.2, 0.25) is 0 Å². The van der Waals surface area contributed by atoms with E-state index in [4.69, 9.17) is 10.00 Å². The highest BCUT2D eigenvalue weighted by Gasteiger charge is 2.15. The summed E-state index contributed by atoms with van der Waals surface area (Å²) < 4.78 is 10.2. The number of esters is 1. The summed E-state index contributed by atoms with van der Waals surface area (Å²) in [5, 5.41) is 8.85. The van der Waals surface area contributed by atoms with Crippen molar-refractivity contribution in [2.45, 2.75) is 0 Å². The third kappa shape index (κ3) is 2.28. The largest absolute Gasteiger partial charge is 0.496 e. The molecule has 0 spiro atoms. The van der Waals surface area contributed by atoms with Crippen LogP contribution in [0, 0.1) is 11.3 Å². The first-order chi connectivity index (χ1) is 7.13. The zero-order chi connectivity index (χ0) is 11.4. The Balaban J connectivity index is 3.35. The summed E-state index contributed by atoms with van der Waals surface area (Å²) in [7, 11) is 2.75. The Kier molecular flexibility index (Phi) is 3.69. The number of ether oxygens (including phenoxy) is 2. The molecule has 1 aromatic carbocycles. The molecule has 1 rings (SSSR count). The van der Waals surface area contributed by atoms with E-state index in [-0.39, 0.29) is 11.1 Å². The molecule has 0 N–H and O–H groups in total. The summed E-state index contributed by atoms with van der Waals surface area (Å²) in [6.45, 7) is 0. The van der Waals surface area contributed by atoms with Crippen LogP contribution < -0.4 is 4.74 Å². The SMILES string of the molecule is COC(=O)c1cc(Br)c(OC)cc1C#N. The van der Waals surface area contributed by atoms with Gasteiger partial charge in [0.2, 0.25) is 0 Å². The highest BCUT2D eigenvalue weighted by molar-refractivity contribution is 9.10. The average molecular weight is 270 g/mol. The molecule has 0 aliphatic rings. The van der Waals surface area contributed by atoms with Gasteiger partial charge in [-0.1, -0.05) is 0 Å². The maximum atomic E-state index is 11.3. The Bertz CT molecular complexity index is 437. The first kappa shape index (κ1) is 11.5. The normalized spacial score (nSPS) is 9.20. The Labute approximate surface area is 95.5 Å². The van der Waals surface area contributed by atoms with Gasteiger partial charge in [-0.05, 0) is 28.1 Å². The third-order valence-electron chi connectivity index (χ3n) is 1.82. The lowest BCUT2D eigenvalue weighted by molar-refractivity contribution is 0.0600. The quantitative estimate of drug-likeness (QED) is 0.772. The third-order valence-corrected chi connectivity index (χ3v) is 2.44. The second-order valence-electron chi connectivity index (χ2n) is 2.64. The highest BCUT2D eigenvalue weighted by Crippen LogP contribution is 2.28. The van der Waals surface area contributed by atoms with Gasteiger partial charge in [0.15, 0.2) is 0 Å². The van der Waals surface area contributed by atoms with Crippen LogP contribution >= 0.6 is 15.9 Å². The number of carbonyl (C=O) groups is 1. The van der Waals surface area contributed by atoms with Crippen LogP contribution in [0.15, 0.2) is 16.6 Å². The van der Waals surface area contributed by atoms with Gasteiger partial charge in [0, 0.05) is 0 Å². The molecule has 0 aliphatic carbocycles. The van der Waals surface area contributed by atoms with E-state index in [1.165, 1.54) is 26.4 Å². The lowest BCUT2D eigenvalue weighted by Crippen LogP contribution is -2.04. The maximum absolute atomic E-state index is 11.3. The van der Waals surface area contributed by atoms with Crippen LogP contribution in [0.25, 0.3) is 0 Å². The van der Waals surface area contributed by atoms with Gasteiger partial charge in [0.25, 0.3) is 0 Å². The first-order valence-corrected chi connectivity index (χ1v) is 4.79. The molecule has 0 aliphatic heterocycles. The number of hydrogen-bond donors (Lipinski definition) is 0. The second kappa shape index (κ2) is 4.80. The van der Waals surface area contributed by atoms with Crippen molar-refractivity contribution in [1.82, 2.24) is 0 Å². The number of hydrogen-bond acceptors (Lipinski definition) is 4. The standard InChI is InChI=1S/C10H8BrNO3/c1-14-9-3-6(5-12)7(4-8(9)11)10(13)15-2/h3-4H,1-2H3. The molecule has 0 unspecified atom stereocenters. The molecule has 0 heterocycles. The van der Waals surface area contributed by atoms with Crippen LogP contribution in [0.4, 0.5) is 0 Å². The molecular formula is C10H8BrNO3. The molecule has 0 radical (unpaired) electrons. The van der Waals surface area contributed by atoms with Gasteiger partial charge in [-0.2, -0.15) is 5.26 Å². The number of nitriles is 1. The van der Waals surface area contributed by atoms with Crippen molar-refractivity contribution >= 4 is 21.9 Å². The van der Waals surface area contributed by atoms with E-state index in [9.17, 15) is 4.79 Å². The van der Waals surface area contributed by atoms with Crippen LogP contribution in [0.3, 0.4) is 0 Å². The predicted octanol–water partition coefficient (Wildman–Crippen LogP) is 2.12. The van der Waals surface area contributed by atoms with Crippen molar-refractivity contribution in [3.63, 3.8) is 0 Å². The van der Waals surface area contributed by atoms with Gasteiger partial charge in [0.1, 0.15) is 11.8 Å². The van der Waals surface area contributed by atoms with Crippen LogP contribution in [0.5, 0.6) is 5.75 Å². The number of benzene rings is 1. The molecule has 0 bridgehead atoms. The van der Waals surface area contributed by atoms with Crippen LogP contribution in [0.1, 0.15) is 15.9 Å². The molecule has 1 aromatic rings. The fraction of sp³-hybridized carbons (Fsp3) is 0.200. The average Bonchev–Trinajstić information content (AvgIpc) is 2.27. The van der Waals surface area contributed by atoms with E-state index in [1.54, 1.807) is 0 Å². The predicted molar refractivity (Wildman–Crippen MR) is 56.7 cm³/mol. The van der Waals surface area contributed by atoms with E-state index in [0.717, 1.165) is 0 Å². The second-order valence-corrected chi connectivity index (χ2v) is 3.49. The van der Waals surface area contributed by atoms with Crippen molar-refractivity contribution in [1.29, 1.82) is 5.26 Å². The van der Waals surface area contributed by atoms with Gasteiger partial charge >= 0.3 is 5.97 Å². The summed E-state index contributed by atoms with van der Waals surface area (Å²) in [5.74, 6) is -0.0471. The van der Waals surface area contributed by atoms with Crippen molar-refractivity contribution in [2.24, 2.45) is 0 Å². The molecule has 5 heteroatoms. The summed E-state index contributed by atoms with van der Waals surface area (Å²) in [5.41, 5.74) is 0.439. The Hall–Kier alpha value is -1.54. The van der Waals surface area contributed by atoms with Gasteiger partial charge in [0.05, 0.1) is 29.8 Å². The molecule has 0 aromatic heterocycles. The first-order valence-electron chi connectivity index (χ1n) is 4.00. The molecule has 0 saturated heterocycles. The number of carbonyl (C=O) groups excluding carboxylic acids is 1. The Morgan fingerprint density at radius 3 is 2.60 bits per heavy atom. The molecule has 15 heavy (non-hydrogen) atoms. The molecule has 4 nitrogen and oxygen atoms in total. The van der Waals surface area contributed by atoms with Gasteiger partial charge in [-0.3, -0.25) is 0 Å². The zero-order valence-electron chi connectivity index (χ0n) is 8.20. The van der Waals surface area contributed by atoms with Crippen molar-refractivity contribution < 1.29 is 14.3 Å². The van der Waals surface area contributed by atoms with Crippen molar-refractivity contribution in [2.75, 3.05) is 14.2 Å². The lowest BCUT2D eigenvalue weighted by atomic mass is 10.1. The van der Waals surface area contributed by atoms with Gasteiger partial charge in [-0.15, -0.1) is 0 Å². The summed E-state index contributed by atoms with van der Waals surface area (Å²) >= 11 is 3.23. The molecule has 0 fully saturated rings. The number of nitrogens with zero attached hydrogens (tertiary/aromatic N) is 1. The minimum Gasteiger partial charge on any atom is -0.496 e. The lowest BCUT2D eigenvalue weighted by Gasteiger charge is -2.07. The zero-order valence-corrected chi connectivity index (χ0v) is 9.79. The minimum absolute atomic E-state index is 0.215. The topological polar surface area (TPSA) is 59.3 Å². The Morgan fingerprint density at radius 2 is 2.13 bits per heavy atom. The molecular weight excluding hydrogens is 262 g/mol. The number of rotatable bonds is 2. The van der Waals surface area contributed by atoms with Crippen LogP contribution in [-0.4, -0.2) is 20.2 Å². The fourth-order valence-corrected chi connectivity index (χ4v) is 1.59. The van der Waals surface area contributed by atoms with E-state index in [2.05, 4.69) is 20.7 Å². The van der Waals surface area contributed by atoms with Crippen molar-refractivity contribution in [3.8, 4) is 11.8 Å². The minimum atomic E-state index is -0.546. The maximum Gasteiger partial charge on any atom is 0.339 e. The number of halogens is 1. The molecule has 0 saturated carbocycles. The highest BCUT2D eigenvalue weighted by atomic mass is 79.9. The van der Waals surface area contributed by atoms with E-state index in [0.29, 0.717) is 10.2 Å². The molecule has 0 atom stereocenters. The smallest absolute Gasteiger partial charge is 0.339 e. The summed E-state index contributed by atoms with van der Waals surface area (Å²) in [4.78, 5) is 11.3. The Morgan fingerprint density at radius 1 is 1.47 bits per heavy atom. The van der Waals surface area contributed by atoms with Gasteiger partial charge in [-0.25, -0.2) is 4.79 Å². The fourth-order valence-electron chi connectivity index (χ4n) is 1.08. The monoisotopic (exact) mass is 269 g/mol. The van der Waals surface area contributed by atoms with E-state index in [1.807, 2.05) is 6.07 Å². The number of methoxy groups -OCH3 is 2.